The third-order valence-electron chi connectivity index (χ3n) is 3.24. The Morgan fingerprint density at radius 2 is 2.25 bits per heavy atom. The lowest BCUT2D eigenvalue weighted by molar-refractivity contribution is -0.134. The van der Waals surface area contributed by atoms with Gasteiger partial charge in [0.1, 0.15) is 11.7 Å². The fraction of sp³-hybridized carbons (Fsp3) is 0.231. The van der Waals surface area contributed by atoms with Gasteiger partial charge in [0.15, 0.2) is 0 Å². The van der Waals surface area contributed by atoms with E-state index in [0.29, 0.717) is 23.0 Å². The second kappa shape index (κ2) is 4.76. The number of nitrogens with zero attached hydrogens (tertiary/aromatic N) is 1. The van der Waals surface area contributed by atoms with E-state index in [1.54, 1.807) is 24.5 Å². The topological polar surface area (TPSA) is 104 Å². The zero-order valence-corrected chi connectivity index (χ0v) is 10.5. The smallest absolute Gasteiger partial charge is 0.254 e. The van der Waals surface area contributed by atoms with Crippen LogP contribution in [0.15, 0.2) is 24.5 Å². The number of carbonyl (C=O) groups excluding carboxylic acids is 3. The van der Waals surface area contributed by atoms with E-state index >= 15 is 0 Å². The first-order valence-corrected chi connectivity index (χ1v) is 6.22. The van der Waals surface area contributed by atoms with Crippen molar-refractivity contribution in [2.45, 2.75) is 18.9 Å². The number of rotatable bonds is 2. The predicted octanol–water partition coefficient (Wildman–Crippen LogP) is 0.0979. The Labute approximate surface area is 113 Å². The third kappa shape index (κ3) is 2.13. The molecule has 3 amide bonds. The van der Waals surface area contributed by atoms with Crippen molar-refractivity contribution in [1.29, 1.82) is 0 Å². The van der Waals surface area contributed by atoms with Crippen molar-refractivity contribution in [2.24, 2.45) is 0 Å². The molecule has 102 valence electrons. The molecule has 2 aromatic rings. The Kier molecular flexibility index (Phi) is 2.94. The predicted molar refractivity (Wildman–Crippen MR) is 69.7 cm³/mol. The van der Waals surface area contributed by atoms with Gasteiger partial charge in [0.2, 0.25) is 11.8 Å². The number of hydrogen-bond donors (Lipinski definition) is 3. The number of aromatic nitrogens is 2. The van der Waals surface area contributed by atoms with Crippen LogP contribution in [0.5, 0.6) is 0 Å². The summed E-state index contributed by atoms with van der Waals surface area (Å²) in [5.74, 6) is -1.14. The van der Waals surface area contributed by atoms with E-state index in [4.69, 9.17) is 0 Å². The number of H-pyrrole nitrogens is 1. The molecular formula is C13H12N4O3. The highest BCUT2D eigenvalue weighted by atomic mass is 16.2. The zero-order chi connectivity index (χ0) is 14.1. The second-order valence-electron chi connectivity index (χ2n) is 4.58. The largest absolute Gasteiger partial charge is 0.345 e. The molecule has 0 spiro atoms. The van der Waals surface area contributed by atoms with Crippen molar-refractivity contribution in [3.05, 3.63) is 30.1 Å². The van der Waals surface area contributed by atoms with Crippen molar-refractivity contribution >= 4 is 28.8 Å². The van der Waals surface area contributed by atoms with Crippen LogP contribution in [-0.4, -0.2) is 33.7 Å². The lowest BCUT2D eigenvalue weighted by Gasteiger charge is -2.21. The molecule has 0 aliphatic carbocycles. The maximum atomic E-state index is 12.2. The number of aromatic amines is 1. The molecule has 0 aromatic carbocycles. The molecule has 20 heavy (non-hydrogen) atoms. The molecule has 7 heteroatoms. The molecule has 1 aliphatic rings. The fourth-order valence-corrected chi connectivity index (χ4v) is 2.21. The molecule has 1 aliphatic heterocycles. The van der Waals surface area contributed by atoms with Gasteiger partial charge >= 0.3 is 0 Å². The average Bonchev–Trinajstić information content (AvgIpc) is 2.86. The number of piperidine rings is 1. The quantitative estimate of drug-likeness (QED) is 0.674. The molecular weight excluding hydrogens is 260 g/mol. The van der Waals surface area contributed by atoms with Crippen molar-refractivity contribution < 1.29 is 14.4 Å². The van der Waals surface area contributed by atoms with Crippen LogP contribution < -0.4 is 10.6 Å². The van der Waals surface area contributed by atoms with E-state index in [2.05, 4.69) is 20.6 Å². The molecule has 1 atom stereocenters. The van der Waals surface area contributed by atoms with Crippen LogP contribution in [0.25, 0.3) is 11.0 Å². The molecule has 3 N–H and O–H groups in total. The Hall–Kier alpha value is -2.70. The van der Waals surface area contributed by atoms with E-state index in [0.717, 1.165) is 0 Å². The van der Waals surface area contributed by atoms with Gasteiger partial charge in [-0.15, -0.1) is 0 Å². The molecule has 3 heterocycles. The minimum Gasteiger partial charge on any atom is -0.345 e. The average molecular weight is 272 g/mol. The lowest BCUT2D eigenvalue weighted by Crippen LogP contribution is -2.52. The summed E-state index contributed by atoms with van der Waals surface area (Å²) < 4.78 is 0. The Balaban J connectivity index is 1.80. The van der Waals surface area contributed by atoms with E-state index in [1.165, 1.54) is 0 Å². The van der Waals surface area contributed by atoms with Crippen LogP contribution in [0.1, 0.15) is 23.2 Å². The summed E-state index contributed by atoms with van der Waals surface area (Å²) in [5.41, 5.74) is 1.04. The first kappa shape index (κ1) is 12.3. The van der Waals surface area contributed by atoms with Crippen molar-refractivity contribution in [3.63, 3.8) is 0 Å². The van der Waals surface area contributed by atoms with Crippen LogP contribution in [0.2, 0.25) is 0 Å². The summed E-state index contributed by atoms with van der Waals surface area (Å²) in [6.07, 6.45) is 3.72. The number of pyridine rings is 1. The Morgan fingerprint density at radius 3 is 3.05 bits per heavy atom. The summed E-state index contributed by atoms with van der Waals surface area (Å²) in [6, 6.07) is 2.83. The minimum atomic E-state index is -0.679. The number of hydrogen-bond acceptors (Lipinski definition) is 4. The number of nitrogens with one attached hydrogen (secondary N) is 3. The van der Waals surface area contributed by atoms with E-state index in [9.17, 15) is 14.4 Å². The molecule has 7 nitrogen and oxygen atoms in total. The molecule has 0 bridgehead atoms. The summed E-state index contributed by atoms with van der Waals surface area (Å²) in [4.78, 5) is 41.8. The maximum Gasteiger partial charge on any atom is 0.254 e. The first-order chi connectivity index (χ1) is 9.65. The number of imide groups is 1. The number of fused-ring (bicyclic) bond motifs is 1. The molecule has 1 fully saturated rings. The summed E-state index contributed by atoms with van der Waals surface area (Å²) >= 11 is 0. The van der Waals surface area contributed by atoms with Gasteiger partial charge in [0, 0.05) is 24.2 Å². The van der Waals surface area contributed by atoms with Gasteiger partial charge in [0.05, 0.1) is 5.56 Å². The van der Waals surface area contributed by atoms with Crippen LogP contribution in [0.3, 0.4) is 0 Å². The first-order valence-electron chi connectivity index (χ1n) is 6.22. The van der Waals surface area contributed by atoms with Crippen LogP contribution in [-0.2, 0) is 9.59 Å². The van der Waals surface area contributed by atoms with Crippen LogP contribution in [0.4, 0.5) is 0 Å². The Bertz CT molecular complexity index is 706. The number of carbonyl (C=O) groups is 3. The van der Waals surface area contributed by atoms with Gasteiger partial charge in [-0.3, -0.25) is 19.7 Å². The van der Waals surface area contributed by atoms with Crippen molar-refractivity contribution in [1.82, 2.24) is 20.6 Å². The summed E-state index contributed by atoms with van der Waals surface area (Å²) in [5, 5.41) is 5.53. The molecule has 2 aromatic heterocycles. The summed E-state index contributed by atoms with van der Waals surface area (Å²) in [6.45, 7) is 0. The highest BCUT2D eigenvalue weighted by Crippen LogP contribution is 2.16. The Morgan fingerprint density at radius 1 is 1.40 bits per heavy atom. The van der Waals surface area contributed by atoms with Crippen molar-refractivity contribution in [3.8, 4) is 0 Å². The van der Waals surface area contributed by atoms with E-state index in [-0.39, 0.29) is 18.2 Å². The second-order valence-corrected chi connectivity index (χ2v) is 4.58. The van der Waals surface area contributed by atoms with Crippen molar-refractivity contribution in [2.75, 3.05) is 0 Å². The fourth-order valence-electron chi connectivity index (χ4n) is 2.21. The third-order valence-corrected chi connectivity index (χ3v) is 3.24. The normalized spacial score (nSPS) is 18.9. The van der Waals surface area contributed by atoms with Crippen LogP contribution >= 0.6 is 0 Å². The molecule has 0 radical (unpaired) electrons. The van der Waals surface area contributed by atoms with Gasteiger partial charge in [-0.1, -0.05) is 0 Å². The van der Waals surface area contributed by atoms with Crippen LogP contribution in [0, 0.1) is 0 Å². The summed E-state index contributed by atoms with van der Waals surface area (Å²) in [7, 11) is 0. The molecule has 3 rings (SSSR count). The van der Waals surface area contributed by atoms with E-state index in [1.807, 2.05) is 0 Å². The van der Waals surface area contributed by atoms with Gasteiger partial charge in [0.25, 0.3) is 5.91 Å². The number of amides is 3. The molecule has 1 unspecified atom stereocenters. The standard InChI is InChI=1S/C13H12N4O3/c18-10-4-3-9(13(20)17-10)16-12(19)8-6-15-11-7(8)2-1-5-14-11/h1-2,5-6,9H,3-4H2,(H,14,15)(H,16,19)(H,17,18,20). The SMILES string of the molecule is O=C1CCC(NC(=O)c2c[nH]c3ncccc23)C(=O)N1. The highest BCUT2D eigenvalue weighted by molar-refractivity contribution is 6.08. The molecule has 1 saturated heterocycles. The van der Waals surface area contributed by atoms with Gasteiger partial charge < -0.3 is 10.3 Å². The van der Waals surface area contributed by atoms with Gasteiger partial charge in [-0.25, -0.2) is 4.98 Å². The van der Waals surface area contributed by atoms with Gasteiger partial charge in [-0.2, -0.15) is 0 Å². The monoisotopic (exact) mass is 272 g/mol. The highest BCUT2D eigenvalue weighted by Gasteiger charge is 2.28. The van der Waals surface area contributed by atoms with E-state index < -0.39 is 11.9 Å². The molecule has 0 saturated carbocycles. The van der Waals surface area contributed by atoms with Gasteiger partial charge in [-0.05, 0) is 18.6 Å². The minimum absolute atomic E-state index is 0.228. The lowest BCUT2D eigenvalue weighted by atomic mass is 10.1. The maximum absolute atomic E-state index is 12.2. The zero-order valence-electron chi connectivity index (χ0n) is 10.5.